The summed E-state index contributed by atoms with van der Waals surface area (Å²) in [5, 5.41) is 7.32. The number of ether oxygens (including phenoxy) is 1. The molecular formula is C8H17N3O3S. The van der Waals surface area contributed by atoms with Crippen LogP contribution < -0.4 is 5.73 Å². The second-order valence-electron chi connectivity index (χ2n) is 3.53. The van der Waals surface area contributed by atoms with Crippen molar-refractivity contribution in [2.45, 2.75) is 18.9 Å². The lowest BCUT2D eigenvalue weighted by Gasteiger charge is -2.22. The Kier molecular flexibility index (Phi) is 4.06. The maximum atomic E-state index is 11.8. The Morgan fingerprint density at radius 1 is 1.67 bits per heavy atom. The van der Waals surface area contributed by atoms with E-state index in [1.807, 2.05) is 0 Å². The van der Waals surface area contributed by atoms with Gasteiger partial charge in [0.1, 0.15) is 5.84 Å². The number of hydrogen-bond acceptors (Lipinski definition) is 4. The topological polar surface area (TPSA) is 96.5 Å². The van der Waals surface area contributed by atoms with E-state index in [2.05, 4.69) is 0 Å². The normalized spacial score (nSPS) is 23.1. The van der Waals surface area contributed by atoms with E-state index in [4.69, 9.17) is 15.9 Å². The fourth-order valence-corrected chi connectivity index (χ4v) is 3.32. The van der Waals surface area contributed by atoms with Crippen LogP contribution in [0.2, 0.25) is 0 Å². The SMILES string of the molecule is COCCS(=O)(=O)N1CCCC1C(=N)N. The van der Waals surface area contributed by atoms with Crippen LogP contribution in [0.15, 0.2) is 0 Å². The van der Waals surface area contributed by atoms with E-state index >= 15 is 0 Å². The van der Waals surface area contributed by atoms with Crippen molar-refractivity contribution in [1.29, 1.82) is 5.41 Å². The molecule has 0 amide bonds. The monoisotopic (exact) mass is 235 g/mol. The molecule has 0 saturated carbocycles. The van der Waals surface area contributed by atoms with Crippen molar-refractivity contribution in [3.05, 3.63) is 0 Å². The van der Waals surface area contributed by atoms with Crippen molar-refractivity contribution in [1.82, 2.24) is 4.31 Å². The zero-order chi connectivity index (χ0) is 11.5. The van der Waals surface area contributed by atoms with Crippen molar-refractivity contribution in [3.63, 3.8) is 0 Å². The summed E-state index contributed by atoms with van der Waals surface area (Å²) in [5.41, 5.74) is 5.36. The van der Waals surface area contributed by atoms with Gasteiger partial charge in [0.05, 0.1) is 18.4 Å². The van der Waals surface area contributed by atoms with E-state index in [0.717, 1.165) is 6.42 Å². The van der Waals surface area contributed by atoms with Gasteiger partial charge in [0.25, 0.3) is 0 Å². The van der Waals surface area contributed by atoms with Crippen LogP contribution in [0.3, 0.4) is 0 Å². The van der Waals surface area contributed by atoms with E-state index < -0.39 is 16.1 Å². The van der Waals surface area contributed by atoms with Crippen LogP contribution in [0.4, 0.5) is 0 Å². The van der Waals surface area contributed by atoms with E-state index in [9.17, 15) is 8.42 Å². The van der Waals surface area contributed by atoms with Crippen molar-refractivity contribution >= 4 is 15.9 Å². The maximum Gasteiger partial charge on any atom is 0.217 e. The molecule has 88 valence electrons. The minimum atomic E-state index is -3.33. The zero-order valence-corrected chi connectivity index (χ0v) is 9.59. The average Bonchev–Trinajstić information content (AvgIpc) is 2.63. The van der Waals surface area contributed by atoms with Crippen LogP contribution in [-0.4, -0.2) is 50.6 Å². The number of sulfonamides is 1. The summed E-state index contributed by atoms with van der Waals surface area (Å²) in [6.45, 7) is 0.625. The van der Waals surface area contributed by atoms with Crippen LogP contribution in [-0.2, 0) is 14.8 Å². The standard InChI is InChI=1S/C8H17N3O3S/c1-14-5-6-15(12,13)11-4-2-3-7(11)8(9)10/h7H,2-6H2,1H3,(H3,9,10). The largest absolute Gasteiger partial charge is 0.386 e. The Hall–Kier alpha value is -0.660. The van der Waals surface area contributed by atoms with Crippen LogP contribution in [0.1, 0.15) is 12.8 Å². The minimum absolute atomic E-state index is 0.0483. The summed E-state index contributed by atoms with van der Waals surface area (Å²) in [6, 6.07) is -0.452. The number of amidine groups is 1. The summed E-state index contributed by atoms with van der Waals surface area (Å²) in [6.07, 6.45) is 1.40. The molecule has 0 aromatic heterocycles. The molecule has 0 spiro atoms. The smallest absolute Gasteiger partial charge is 0.217 e. The van der Waals surface area contributed by atoms with Crippen molar-refractivity contribution < 1.29 is 13.2 Å². The molecule has 1 unspecified atom stereocenters. The number of nitrogens with two attached hydrogens (primary N) is 1. The molecule has 3 N–H and O–H groups in total. The molecule has 0 aliphatic carbocycles. The van der Waals surface area contributed by atoms with Gasteiger partial charge in [-0.1, -0.05) is 0 Å². The molecule has 1 heterocycles. The van der Waals surface area contributed by atoms with Crippen LogP contribution in [0.5, 0.6) is 0 Å². The zero-order valence-electron chi connectivity index (χ0n) is 8.77. The molecule has 1 fully saturated rings. The number of methoxy groups -OCH3 is 1. The third kappa shape index (κ3) is 2.90. The Balaban J connectivity index is 2.73. The number of hydrogen-bond donors (Lipinski definition) is 2. The fourth-order valence-electron chi connectivity index (χ4n) is 1.69. The molecule has 1 aliphatic heterocycles. The Bertz CT molecular complexity index is 328. The van der Waals surface area contributed by atoms with Gasteiger partial charge in [0.2, 0.25) is 10.0 Å². The highest BCUT2D eigenvalue weighted by Gasteiger charge is 2.35. The van der Waals surface area contributed by atoms with Crippen molar-refractivity contribution in [3.8, 4) is 0 Å². The van der Waals surface area contributed by atoms with Gasteiger partial charge in [-0.25, -0.2) is 8.42 Å². The van der Waals surface area contributed by atoms with Crippen molar-refractivity contribution in [2.24, 2.45) is 5.73 Å². The van der Waals surface area contributed by atoms with Gasteiger partial charge in [-0.05, 0) is 12.8 Å². The first-order valence-electron chi connectivity index (χ1n) is 4.81. The maximum absolute atomic E-state index is 11.8. The molecule has 15 heavy (non-hydrogen) atoms. The summed E-state index contributed by atoms with van der Waals surface area (Å²) in [7, 11) is -1.87. The lowest BCUT2D eigenvalue weighted by molar-refractivity contribution is 0.215. The summed E-state index contributed by atoms with van der Waals surface area (Å²) >= 11 is 0. The number of rotatable bonds is 5. The van der Waals surface area contributed by atoms with Gasteiger partial charge in [-0.15, -0.1) is 0 Å². The van der Waals surface area contributed by atoms with E-state index in [1.54, 1.807) is 0 Å². The molecule has 7 heteroatoms. The van der Waals surface area contributed by atoms with Crippen LogP contribution in [0.25, 0.3) is 0 Å². The third-order valence-electron chi connectivity index (χ3n) is 2.47. The van der Waals surface area contributed by atoms with Gasteiger partial charge in [-0.3, -0.25) is 5.41 Å². The first kappa shape index (κ1) is 12.4. The predicted molar refractivity (Wildman–Crippen MR) is 57.3 cm³/mol. The van der Waals surface area contributed by atoms with Crippen LogP contribution in [0, 0.1) is 5.41 Å². The summed E-state index contributed by atoms with van der Waals surface area (Å²) < 4.78 is 29.7. The molecule has 1 atom stereocenters. The lowest BCUT2D eigenvalue weighted by Crippen LogP contribution is -2.44. The van der Waals surface area contributed by atoms with Crippen molar-refractivity contribution in [2.75, 3.05) is 26.0 Å². The van der Waals surface area contributed by atoms with E-state index in [0.29, 0.717) is 13.0 Å². The van der Waals surface area contributed by atoms with E-state index in [-0.39, 0.29) is 18.2 Å². The molecular weight excluding hydrogens is 218 g/mol. The van der Waals surface area contributed by atoms with Gasteiger partial charge in [0, 0.05) is 13.7 Å². The number of nitrogens with one attached hydrogen (secondary N) is 1. The molecule has 0 aromatic rings. The molecule has 0 aromatic carbocycles. The first-order chi connectivity index (χ1) is 6.99. The van der Waals surface area contributed by atoms with E-state index in [1.165, 1.54) is 11.4 Å². The van der Waals surface area contributed by atoms with Gasteiger partial charge in [0.15, 0.2) is 0 Å². The van der Waals surface area contributed by atoms with Gasteiger partial charge < -0.3 is 10.5 Å². The van der Waals surface area contributed by atoms with Crippen LogP contribution >= 0.6 is 0 Å². The van der Waals surface area contributed by atoms with Gasteiger partial charge in [-0.2, -0.15) is 4.31 Å². The molecule has 1 rings (SSSR count). The molecule has 6 nitrogen and oxygen atoms in total. The van der Waals surface area contributed by atoms with Gasteiger partial charge >= 0.3 is 0 Å². The summed E-state index contributed by atoms with van der Waals surface area (Å²) in [5.74, 6) is -0.124. The predicted octanol–water partition coefficient (Wildman–Crippen LogP) is -0.637. The molecule has 0 radical (unpaired) electrons. The molecule has 1 saturated heterocycles. The first-order valence-corrected chi connectivity index (χ1v) is 6.42. The highest BCUT2D eigenvalue weighted by atomic mass is 32.2. The Labute approximate surface area is 89.9 Å². The molecule has 1 aliphatic rings. The second-order valence-corrected chi connectivity index (χ2v) is 5.57. The fraction of sp³-hybridized carbons (Fsp3) is 0.875. The lowest BCUT2D eigenvalue weighted by atomic mass is 10.2. The second kappa shape index (κ2) is 4.91. The minimum Gasteiger partial charge on any atom is -0.386 e. The highest BCUT2D eigenvalue weighted by molar-refractivity contribution is 7.89. The average molecular weight is 235 g/mol. The number of nitrogens with zero attached hydrogens (tertiary/aromatic N) is 1. The molecule has 0 bridgehead atoms. The summed E-state index contributed by atoms with van der Waals surface area (Å²) in [4.78, 5) is 0. The quantitative estimate of drug-likeness (QED) is 0.489. The Morgan fingerprint density at radius 3 is 2.87 bits per heavy atom. The Morgan fingerprint density at radius 2 is 2.33 bits per heavy atom. The third-order valence-corrected chi connectivity index (χ3v) is 4.30. The highest BCUT2D eigenvalue weighted by Crippen LogP contribution is 2.20.